The number of Topliss-reactive ketones (excluding diaryl/α,β-unsaturated/α-hetero) is 2. The molecule has 0 spiro atoms. The van der Waals surface area contributed by atoms with Gasteiger partial charge in [-0.1, -0.05) is 6.07 Å². The average molecular weight is 335 g/mol. The Labute approximate surface area is 140 Å². The van der Waals surface area contributed by atoms with Crippen molar-refractivity contribution < 1.29 is 19.8 Å². The van der Waals surface area contributed by atoms with Gasteiger partial charge >= 0.3 is 0 Å². The van der Waals surface area contributed by atoms with Crippen molar-refractivity contribution in [3.63, 3.8) is 0 Å². The standard InChI is InChI=1S/C17H23N3O2S/c21-15-10-13(17-2-1-9-23-17)11-16(22)14(15)12-19-5-8-20-6-3-18-4-7-20/h1-2,9,12-14,18H,3-8,10-11H2/p+2. The van der Waals surface area contributed by atoms with Crippen molar-refractivity contribution >= 4 is 29.1 Å². The van der Waals surface area contributed by atoms with E-state index < -0.39 is 5.92 Å². The van der Waals surface area contributed by atoms with Crippen LogP contribution < -0.4 is 10.2 Å². The van der Waals surface area contributed by atoms with Gasteiger partial charge in [-0.3, -0.25) is 14.6 Å². The van der Waals surface area contributed by atoms with Crippen LogP contribution in [0.15, 0.2) is 22.5 Å². The highest BCUT2D eigenvalue weighted by molar-refractivity contribution is 7.10. The van der Waals surface area contributed by atoms with Crippen molar-refractivity contribution in [1.82, 2.24) is 0 Å². The number of rotatable bonds is 5. The number of hydrogen-bond donors (Lipinski definition) is 2. The van der Waals surface area contributed by atoms with E-state index in [2.05, 4.69) is 10.3 Å². The van der Waals surface area contributed by atoms with E-state index in [9.17, 15) is 9.59 Å². The predicted octanol–water partition coefficient (Wildman–Crippen LogP) is -1.09. The number of nitrogens with two attached hydrogens (primary N) is 1. The molecule has 0 aromatic carbocycles. The number of aliphatic imine (C=N–C) groups is 1. The highest BCUT2D eigenvalue weighted by Crippen LogP contribution is 2.33. The molecule has 6 heteroatoms. The molecule has 0 atom stereocenters. The molecule has 23 heavy (non-hydrogen) atoms. The number of piperazine rings is 1. The van der Waals surface area contributed by atoms with Gasteiger partial charge in [-0.05, 0) is 11.4 Å². The Morgan fingerprint density at radius 1 is 1.26 bits per heavy atom. The molecule has 0 bridgehead atoms. The first-order chi connectivity index (χ1) is 11.2. The first-order valence-corrected chi connectivity index (χ1v) is 9.36. The molecule has 2 heterocycles. The number of nitrogens with one attached hydrogen (secondary N) is 1. The fourth-order valence-electron chi connectivity index (χ4n) is 3.42. The lowest BCUT2D eigenvalue weighted by atomic mass is 9.80. The van der Waals surface area contributed by atoms with Gasteiger partial charge in [-0.25, -0.2) is 0 Å². The predicted molar refractivity (Wildman–Crippen MR) is 90.4 cm³/mol. The minimum Gasteiger partial charge on any atom is -0.337 e. The summed E-state index contributed by atoms with van der Waals surface area (Å²) >= 11 is 1.63. The van der Waals surface area contributed by atoms with Crippen LogP contribution in [0.2, 0.25) is 0 Å². The second kappa shape index (κ2) is 7.95. The van der Waals surface area contributed by atoms with Crippen LogP contribution in [-0.2, 0) is 9.59 Å². The first kappa shape index (κ1) is 16.5. The van der Waals surface area contributed by atoms with E-state index >= 15 is 0 Å². The summed E-state index contributed by atoms with van der Waals surface area (Å²) in [7, 11) is 0. The van der Waals surface area contributed by atoms with Gasteiger partial charge in [0.25, 0.3) is 0 Å². The summed E-state index contributed by atoms with van der Waals surface area (Å²) in [5.41, 5.74) is 0. The molecular formula is C17H25N3O2S+2. The fraction of sp³-hybridized carbons (Fsp3) is 0.588. The van der Waals surface area contributed by atoms with Gasteiger partial charge in [0.2, 0.25) is 0 Å². The van der Waals surface area contributed by atoms with E-state index in [1.54, 1.807) is 22.5 Å². The third-order valence-corrected chi connectivity index (χ3v) is 5.82. The van der Waals surface area contributed by atoms with Crippen LogP contribution in [-0.4, -0.2) is 57.0 Å². The van der Waals surface area contributed by atoms with Crippen molar-refractivity contribution in [1.29, 1.82) is 0 Å². The molecule has 2 aliphatic rings. The number of nitrogens with zero attached hydrogens (tertiary/aromatic N) is 1. The van der Waals surface area contributed by atoms with Crippen LogP contribution in [0.25, 0.3) is 0 Å². The van der Waals surface area contributed by atoms with Crippen LogP contribution in [0.1, 0.15) is 23.6 Å². The van der Waals surface area contributed by atoms with Crippen LogP contribution in [0.5, 0.6) is 0 Å². The molecule has 3 N–H and O–H groups in total. The number of thiophene rings is 1. The summed E-state index contributed by atoms with van der Waals surface area (Å²) in [4.78, 5) is 31.7. The molecular weight excluding hydrogens is 310 g/mol. The van der Waals surface area contributed by atoms with E-state index in [1.165, 1.54) is 26.2 Å². The number of hydrogen-bond acceptors (Lipinski definition) is 4. The molecule has 1 aromatic heterocycles. The maximum absolute atomic E-state index is 12.3. The van der Waals surface area contributed by atoms with Crippen LogP contribution in [0, 0.1) is 5.92 Å². The first-order valence-electron chi connectivity index (χ1n) is 8.48. The molecule has 1 saturated heterocycles. The largest absolute Gasteiger partial charge is 0.337 e. The maximum Gasteiger partial charge on any atom is 0.149 e. The quantitative estimate of drug-likeness (QED) is 0.531. The lowest BCUT2D eigenvalue weighted by Gasteiger charge is -2.23. The third-order valence-electron chi connectivity index (χ3n) is 4.79. The Balaban J connectivity index is 1.49. The normalized spacial score (nSPS) is 27.0. The van der Waals surface area contributed by atoms with Gasteiger partial charge in [-0.15, -0.1) is 11.3 Å². The van der Waals surface area contributed by atoms with E-state index in [-0.39, 0.29) is 17.5 Å². The van der Waals surface area contributed by atoms with Crippen LogP contribution in [0.3, 0.4) is 0 Å². The lowest BCUT2D eigenvalue weighted by molar-refractivity contribution is -0.945. The van der Waals surface area contributed by atoms with Gasteiger partial charge in [0.15, 0.2) is 0 Å². The molecule has 1 aromatic rings. The van der Waals surface area contributed by atoms with Gasteiger partial charge in [0, 0.05) is 29.9 Å². The van der Waals surface area contributed by atoms with Gasteiger partial charge < -0.3 is 10.2 Å². The number of carbonyl (C=O) groups is 2. The van der Waals surface area contributed by atoms with E-state index in [0.717, 1.165) is 11.4 Å². The Morgan fingerprint density at radius 3 is 2.65 bits per heavy atom. The smallest absolute Gasteiger partial charge is 0.149 e. The number of ketones is 2. The fourth-order valence-corrected chi connectivity index (χ4v) is 4.25. The molecule has 0 amide bonds. The monoisotopic (exact) mass is 335 g/mol. The highest BCUT2D eigenvalue weighted by atomic mass is 32.1. The maximum atomic E-state index is 12.3. The SMILES string of the molecule is O=C1CC(c2cccs2)CC(=O)C1C=NCC[NH+]1CC[NH2+]CC1. The molecule has 1 aliphatic heterocycles. The Bertz CT molecular complexity index is 546. The third kappa shape index (κ3) is 4.34. The van der Waals surface area contributed by atoms with E-state index in [4.69, 9.17) is 0 Å². The minimum absolute atomic E-state index is 0.0309. The zero-order valence-electron chi connectivity index (χ0n) is 13.4. The van der Waals surface area contributed by atoms with E-state index in [0.29, 0.717) is 19.4 Å². The van der Waals surface area contributed by atoms with Crippen molar-refractivity contribution in [2.24, 2.45) is 10.9 Å². The van der Waals surface area contributed by atoms with Gasteiger partial charge in [-0.2, -0.15) is 0 Å². The number of quaternary nitrogens is 2. The molecule has 1 saturated carbocycles. The minimum atomic E-state index is -0.601. The van der Waals surface area contributed by atoms with E-state index in [1.807, 2.05) is 17.5 Å². The average Bonchev–Trinajstić information content (AvgIpc) is 3.09. The topological polar surface area (TPSA) is 67.5 Å². The summed E-state index contributed by atoms with van der Waals surface area (Å²) in [6, 6.07) is 3.99. The molecule has 124 valence electrons. The molecule has 0 unspecified atom stereocenters. The lowest BCUT2D eigenvalue weighted by Crippen LogP contribution is -3.20. The van der Waals surface area contributed by atoms with Crippen LogP contribution >= 0.6 is 11.3 Å². The van der Waals surface area contributed by atoms with Crippen LogP contribution in [0.4, 0.5) is 0 Å². The van der Waals surface area contributed by atoms with Crippen molar-refractivity contribution in [3.8, 4) is 0 Å². The molecule has 1 aliphatic carbocycles. The summed E-state index contributed by atoms with van der Waals surface area (Å²) < 4.78 is 0. The highest BCUT2D eigenvalue weighted by Gasteiger charge is 2.35. The summed E-state index contributed by atoms with van der Waals surface area (Å²) in [5, 5.41) is 4.34. The molecule has 3 rings (SSSR count). The molecule has 2 fully saturated rings. The Hall–Kier alpha value is -1.37. The summed E-state index contributed by atoms with van der Waals surface area (Å²) in [6.07, 6.45) is 2.55. The molecule has 5 nitrogen and oxygen atoms in total. The van der Waals surface area contributed by atoms with Crippen molar-refractivity contribution in [2.75, 3.05) is 39.3 Å². The van der Waals surface area contributed by atoms with Crippen molar-refractivity contribution in [3.05, 3.63) is 22.4 Å². The summed E-state index contributed by atoms with van der Waals surface area (Å²) in [5.74, 6) is -0.462. The number of carbonyl (C=O) groups excluding carboxylic acids is 2. The summed E-state index contributed by atoms with van der Waals surface area (Å²) in [6.45, 7) is 6.43. The van der Waals surface area contributed by atoms with Crippen molar-refractivity contribution in [2.45, 2.75) is 18.8 Å². The van der Waals surface area contributed by atoms with Gasteiger partial charge in [0.1, 0.15) is 43.7 Å². The Kier molecular flexibility index (Phi) is 5.70. The zero-order chi connectivity index (χ0) is 16.1. The zero-order valence-corrected chi connectivity index (χ0v) is 14.2. The molecule has 0 radical (unpaired) electrons. The second-order valence-electron chi connectivity index (χ2n) is 6.45. The Morgan fingerprint density at radius 2 is 2.00 bits per heavy atom. The van der Waals surface area contributed by atoms with Gasteiger partial charge in [0.05, 0.1) is 13.1 Å². The second-order valence-corrected chi connectivity index (χ2v) is 7.43.